The monoisotopic (exact) mass is 453 g/mol. The Kier molecular flexibility index (Phi) is 5.08. The number of carbonyl (C=O) groups excluding carboxylic acids is 1. The molecule has 8 heteroatoms. The van der Waals surface area contributed by atoms with E-state index in [0.717, 1.165) is 24.8 Å². The van der Waals surface area contributed by atoms with Gasteiger partial charge in [0.05, 0.1) is 5.41 Å². The number of nitrogens with one attached hydrogen (secondary N) is 1. The molecule has 1 aromatic heterocycles. The lowest BCUT2D eigenvalue weighted by Crippen LogP contribution is -2.77. The van der Waals surface area contributed by atoms with Gasteiger partial charge in [0.1, 0.15) is 11.5 Å². The summed E-state index contributed by atoms with van der Waals surface area (Å²) in [6.07, 6.45) is 2.40. The van der Waals surface area contributed by atoms with Crippen LogP contribution in [0.25, 0.3) is 0 Å². The van der Waals surface area contributed by atoms with E-state index in [0.29, 0.717) is 28.2 Å². The van der Waals surface area contributed by atoms with Crippen molar-refractivity contribution in [2.45, 2.75) is 50.7 Å². The highest BCUT2D eigenvalue weighted by atomic mass is 35.5. The number of carbonyl (C=O) groups is 1. The number of rotatable bonds is 8. The summed E-state index contributed by atoms with van der Waals surface area (Å²) in [5.74, 6) is 2.40. The van der Waals surface area contributed by atoms with Crippen molar-refractivity contribution >= 4 is 17.5 Å². The molecular formula is C24H24ClN3O4. The summed E-state index contributed by atoms with van der Waals surface area (Å²) < 4.78 is 16.8. The second kappa shape index (κ2) is 7.81. The largest absolute Gasteiger partial charge is 0.485 e. The first-order valence-corrected chi connectivity index (χ1v) is 11.0. The lowest BCUT2D eigenvalue weighted by Gasteiger charge is -2.68. The first-order chi connectivity index (χ1) is 15.3. The standard InChI is InChI=1S/C24H24ClN3O4/c1-15-3-6-19(9-16(15)2)31-11-21(29)27-24-12-23(13-24,14-24)22-26-20(28-32-22)10-30-18-7-4-17(25)5-8-18/h3-9H,10-14H2,1-2H3,(H,27,29). The van der Waals surface area contributed by atoms with Gasteiger partial charge in [-0.3, -0.25) is 4.79 Å². The Morgan fingerprint density at radius 3 is 2.50 bits per heavy atom. The van der Waals surface area contributed by atoms with Crippen molar-refractivity contribution in [3.8, 4) is 11.5 Å². The van der Waals surface area contributed by atoms with Crippen LogP contribution in [0, 0.1) is 13.8 Å². The molecule has 2 bridgehead atoms. The molecule has 1 heterocycles. The highest BCUT2D eigenvalue weighted by Gasteiger charge is 2.71. The van der Waals surface area contributed by atoms with E-state index in [4.69, 9.17) is 25.6 Å². The van der Waals surface area contributed by atoms with E-state index in [9.17, 15) is 4.79 Å². The summed E-state index contributed by atoms with van der Waals surface area (Å²) in [7, 11) is 0. The Balaban J connectivity index is 1.09. The molecule has 0 atom stereocenters. The third kappa shape index (κ3) is 3.93. The average Bonchev–Trinajstić information content (AvgIpc) is 3.19. The number of aryl methyl sites for hydroxylation is 2. The predicted octanol–water partition coefficient (Wildman–Crippen LogP) is 4.29. The highest BCUT2D eigenvalue weighted by Crippen LogP contribution is 2.67. The SMILES string of the molecule is Cc1ccc(OCC(=O)NC23CC(c4nc(COc5ccc(Cl)cc5)no4)(C2)C3)cc1C. The van der Waals surface area contributed by atoms with Crippen molar-refractivity contribution in [1.82, 2.24) is 15.5 Å². The molecule has 2 aromatic carbocycles. The van der Waals surface area contributed by atoms with Gasteiger partial charge in [0.15, 0.2) is 13.2 Å². The summed E-state index contributed by atoms with van der Waals surface area (Å²) in [6, 6.07) is 12.9. The Labute approximate surface area is 191 Å². The maximum Gasteiger partial charge on any atom is 0.258 e. The fourth-order valence-corrected chi connectivity index (χ4v) is 4.76. The molecule has 3 fully saturated rings. The summed E-state index contributed by atoms with van der Waals surface area (Å²) in [5, 5.41) is 7.81. The van der Waals surface area contributed by atoms with Gasteiger partial charge in [-0.05, 0) is 80.6 Å². The summed E-state index contributed by atoms with van der Waals surface area (Å²) in [5.41, 5.74) is 2.02. The molecule has 3 saturated carbocycles. The molecule has 1 N–H and O–H groups in total. The lowest BCUT2D eigenvalue weighted by molar-refractivity contribution is -0.143. The number of ether oxygens (including phenoxy) is 2. The van der Waals surface area contributed by atoms with Crippen molar-refractivity contribution in [1.29, 1.82) is 0 Å². The minimum Gasteiger partial charge on any atom is -0.485 e. The average molecular weight is 454 g/mol. The molecule has 0 aliphatic heterocycles. The first-order valence-electron chi connectivity index (χ1n) is 10.6. The molecule has 6 rings (SSSR count). The van der Waals surface area contributed by atoms with Gasteiger partial charge in [-0.25, -0.2) is 0 Å². The number of benzene rings is 2. The van der Waals surface area contributed by atoms with Crippen molar-refractivity contribution in [2.24, 2.45) is 0 Å². The Morgan fingerprint density at radius 2 is 1.78 bits per heavy atom. The van der Waals surface area contributed by atoms with Gasteiger partial charge in [0.2, 0.25) is 11.7 Å². The summed E-state index contributed by atoms with van der Waals surface area (Å²) in [6.45, 7) is 4.29. The van der Waals surface area contributed by atoms with Crippen LogP contribution >= 0.6 is 11.6 Å². The first kappa shape index (κ1) is 20.8. The highest BCUT2D eigenvalue weighted by molar-refractivity contribution is 6.30. The summed E-state index contributed by atoms with van der Waals surface area (Å²) in [4.78, 5) is 16.9. The molecule has 0 unspecified atom stereocenters. The van der Waals surface area contributed by atoms with Crippen LogP contribution in [0.3, 0.4) is 0 Å². The van der Waals surface area contributed by atoms with Crippen molar-refractivity contribution in [2.75, 3.05) is 6.61 Å². The molecular weight excluding hydrogens is 430 g/mol. The Morgan fingerprint density at radius 1 is 1.06 bits per heavy atom. The maximum atomic E-state index is 12.4. The molecule has 166 valence electrons. The number of hydrogen-bond acceptors (Lipinski definition) is 6. The van der Waals surface area contributed by atoms with Crippen molar-refractivity contribution in [3.05, 3.63) is 70.3 Å². The minimum atomic E-state index is -0.182. The number of hydrogen-bond donors (Lipinski definition) is 1. The van der Waals surface area contributed by atoms with Gasteiger partial charge < -0.3 is 19.3 Å². The van der Waals surface area contributed by atoms with E-state index in [2.05, 4.69) is 15.5 Å². The van der Waals surface area contributed by atoms with E-state index >= 15 is 0 Å². The van der Waals surface area contributed by atoms with Gasteiger partial charge in [-0.2, -0.15) is 4.98 Å². The minimum absolute atomic E-state index is 0.00396. The maximum absolute atomic E-state index is 12.4. The van der Waals surface area contributed by atoms with Gasteiger partial charge in [-0.15, -0.1) is 0 Å². The zero-order valence-electron chi connectivity index (χ0n) is 18.0. The third-order valence-electron chi connectivity index (χ3n) is 6.39. The van der Waals surface area contributed by atoms with Crippen LogP contribution in [-0.2, 0) is 16.8 Å². The second-order valence-corrected chi connectivity index (χ2v) is 9.37. The van der Waals surface area contributed by atoms with Crippen LogP contribution in [0.1, 0.15) is 42.1 Å². The molecule has 3 aliphatic carbocycles. The number of nitrogens with zero attached hydrogens (tertiary/aromatic N) is 2. The number of halogens is 1. The van der Waals surface area contributed by atoms with Crippen molar-refractivity contribution in [3.63, 3.8) is 0 Å². The van der Waals surface area contributed by atoms with Crippen molar-refractivity contribution < 1.29 is 18.8 Å². The number of aromatic nitrogens is 2. The topological polar surface area (TPSA) is 86.5 Å². The van der Waals surface area contributed by atoms with E-state index in [1.165, 1.54) is 5.56 Å². The molecule has 3 aliphatic rings. The van der Waals surface area contributed by atoms with E-state index < -0.39 is 0 Å². The molecule has 7 nitrogen and oxygen atoms in total. The lowest BCUT2D eigenvalue weighted by atomic mass is 9.39. The third-order valence-corrected chi connectivity index (χ3v) is 6.64. The van der Waals surface area contributed by atoms with Crippen LogP contribution in [0.2, 0.25) is 5.02 Å². The van der Waals surface area contributed by atoms with Crippen LogP contribution in [0.4, 0.5) is 0 Å². The molecule has 32 heavy (non-hydrogen) atoms. The van der Waals surface area contributed by atoms with Crippen LogP contribution < -0.4 is 14.8 Å². The second-order valence-electron chi connectivity index (χ2n) is 8.93. The number of amides is 1. The Bertz CT molecular complexity index is 1140. The molecule has 0 spiro atoms. The summed E-state index contributed by atoms with van der Waals surface area (Å²) >= 11 is 5.88. The molecule has 0 radical (unpaired) electrons. The zero-order valence-corrected chi connectivity index (χ0v) is 18.7. The molecule has 3 aromatic rings. The smallest absolute Gasteiger partial charge is 0.258 e. The van der Waals surface area contributed by atoms with E-state index in [1.807, 2.05) is 32.0 Å². The van der Waals surface area contributed by atoms with Gasteiger partial charge in [0, 0.05) is 10.6 Å². The van der Waals surface area contributed by atoms with Crippen LogP contribution in [0.15, 0.2) is 47.0 Å². The molecule has 1 amide bonds. The van der Waals surface area contributed by atoms with Gasteiger partial charge in [-0.1, -0.05) is 22.8 Å². The fraction of sp³-hybridized carbons (Fsp3) is 0.375. The Hall–Kier alpha value is -3.06. The van der Waals surface area contributed by atoms with Gasteiger partial charge >= 0.3 is 0 Å². The van der Waals surface area contributed by atoms with E-state index in [-0.39, 0.29) is 30.1 Å². The quantitative estimate of drug-likeness (QED) is 0.547. The van der Waals surface area contributed by atoms with Gasteiger partial charge in [0.25, 0.3) is 5.91 Å². The van der Waals surface area contributed by atoms with E-state index in [1.54, 1.807) is 24.3 Å². The van der Waals surface area contributed by atoms with Crippen LogP contribution in [-0.4, -0.2) is 28.2 Å². The zero-order chi connectivity index (χ0) is 22.3. The van der Waals surface area contributed by atoms with Crippen LogP contribution in [0.5, 0.6) is 11.5 Å². The molecule has 0 saturated heterocycles. The predicted molar refractivity (Wildman–Crippen MR) is 118 cm³/mol. The fourth-order valence-electron chi connectivity index (χ4n) is 4.64. The normalized spacial score (nSPS) is 23.1.